The standard InChI is InChI=1S/C16H20O2S/c1-3-11(2)18-16(17)15(19)10-13-9-8-12-6-4-5-7-14(12)13/h4-7,9,11,15,19H,3,8,10H2,1-2H3. The summed E-state index contributed by atoms with van der Waals surface area (Å²) in [6.45, 7) is 3.91. The van der Waals surface area contributed by atoms with Gasteiger partial charge in [-0.3, -0.25) is 4.79 Å². The van der Waals surface area contributed by atoms with Crippen molar-refractivity contribution in [2.75, 3.05) is 0 Å². The number of allylic oxidation sites excluding steroid dienone is 2. The fraction of sp³-hybridized carbons (Fsp3) is 0.438. The molecule has 3 heteroatoms. The van der Waals surface area contributed by atoms with E-state index < -0.39 is 0 Å². The van der Waals surface area contributed by atoms with Crippen molar-refractivity contribution in [1.29, 1.82) is 0 Å². The van der Waals surface area contributed by atoms with Gasteiger partial charge in [0.1, 0.15) is 5.25 Å². The molecule has 0 aromatic heterocycles. The number of thiol groups is 1. The monoisotopic (exact) mass is 276 g/mol. The van der Waals surface area contributed by atoms with E-state index >= 15 is 0 Å². The van der Waals surface area contributed by atoms with E-state index in [4.69, 9.17) is 4.74 Å². The molecule has 102 valence electrons. The number of hydrogen-bond donors (Lipinski definition) is 1. The molecule has 2 atom stereocenters. The van der Waals surface area contributed by atoms with Crippen LogP contribution >= 0.6 is 12.6 Å². The van der Waals surface area contributed by atoms with Crippen LogP contribution in [-0.4, -0.2) is 17.3 Å². The molecule has 0 saturated carbocycles. The first-order valence-electron chi connectivity index (χ1n) is 6.77. The smallest absolute Gasteiger partial charge is 0.319 e. The van der Waals surface area contributed by atoms with E-state index in [9.17, 15) is 4.79 Å². The van der Waals surface area contributed by atoms with E-state index in [0.717, 1.165) is 12.8 Å². The van der Waals surface area contributed by atoms with Crippen molar-refractivity contribution in [2.45, 2.75) is 44.5 Å². The van der Waals surface area contributed by atoms with Crippen LogP contribution in [0.15, 0.2) is 30.3 Å². The Balaban J connectivity index is 1.97. The van der Waals surface area contributed by atoms with E-state index in [0.29, 0.717) is 6.42 Å². The maximum Gasteiger partial charge on any atom is 0.319 e. The van der Waals surface area contributed by atoms with Crippen LogP contribution in [0.4, 0.5) is 0 Å². The highest BCUT2D eigenvalue weighted by molar-refractivity contribution is 7.81. The second kappa shape index (κ2) is 6.29. The number of rotatable bonds is 5. The summed E-state index contributed by atoms with van der Waals surface area (Å²) in [6, 6.07) is 8.31. The highest BCUT2D eigenvalue weighted by atomic mass is 32.1. The molecular weight excluding hydrogens is 256 g/mol. The maximum atomic E-state index is 11.9. The predicted molar refractivity (Wildman–Crippen MR) is 81.4 cm³/mol. The minimum absolute atomic E-state index is 0.0352. The fourth-order valence-corrected chi connectivity index (χ4v) is 2.46. The average Bonchev–Trinajstić information content (AvgIpc) is 2.82. The molecule has 0 aliphatic heterocycles. The molecule has 0 bridgehead atoms. The predicted octanol–water partition coefficient (Wildman–Crippen LogP) is 3.66. The van der Waals surface area contributed by atoms with Crippen molar-refractivity contribution < 1.29 is 9.53 Å². The van der Waals surface area contributed by atoms with E-state index in [1.807, 2.05) is 26.0 Å². The van der Waals surface area contributed by atoms with Gasteiger partial charge in [0.2, 0.25) is 0 Å². The van der Waals surface area contributed by atoms with Crippen LogP contribution in [0.1, 0.15) is 37.8 Å². The maximum absolute atomic E-state index is 11.9. The third kappa shape index (κ3) is 3.41. The van der Waals surface area contributed by atoms with Gasteiger partial charge >= 0.3 is 5.97 Å². The molecule has 2 rings (SSSR count). The number of carbonyl (C=O) groups excluding carboxylic acids is 1. The Hall–Kier alpha value is -1.22. The molecule has 0 spiro atoms. The Bertz CT molecular complexity index is 493. The molecule has 1 aromatic rings. The van der Waals surface area contributed by atoms with Crippen LogP contribution in [0, 0.1) is 0 Å². The highest BCUT2D eigenvalue weighted by Gasteiger charge is 2.22. The van der Waals surface area contributed by atoms with Crippen molar-refractivity contribution in [2.24, 2.45) is 0 Å². The molecule has 2 unspecified atom stereocenters. The van der Waals surface area contributed by atoms with Gasteiger partial charge < -0.3 is 4.74 Å². The molecule has 2 nitrogen and oxygen atoms in total. The van der Waals surface area contributed by atoms with Gasteiger partial charge in [0.05, 0.1) is 6.10 Å². The summed E-state index contributed by atoms with van der Waals surface area (Å²) in [5.74, 6) is -0.219. The number of carbonyl (C=O) groups is 1. The molecule has 1 aromatic carbocycles. The summed E-state index contributed by atoms with van der Waals surface area (Å²) in [4.78, 5) is 11.9. The minimum Gasteiger partial charge on any atom is -0.462 e. The third-order valence-corrected chi connectivity index (χ3v) is 3.90. The first kappa shape index (κ1) is 14.2. The minimum atomic E-state index is -0.383. The lowest BCUT2D eigenvalue weighted by Crippen LogP contribution is -2.23. The lowest BCUT2D eigenvalue weighted by atomic mass is 10.0. The van der Waals surface area contributed by atoms with Crippen molar-refractivity contribution in [3.8, 4) is 0 Å². The second-order valence-corrected chi connectivity index (χ2v) is 5.59. The molecule has 0 N–H and O–H groups in total. The van der Waals surface area contributed by atoms with Crippen molar-refractivity contribution in [1.82, 2.24) is 0 Å². The molecule has 19 heavy (non-hydrogen) atoms. The van der Waals surface area contributed by atoms with Crippen LogP contribution < -0.4 is 0 Å². The van der Waals surface area contributed by atoms with E-state index in [-0.39, 0.29) is 17.3 Å². The highest BCUT2D eigenvalue weighted by Crippen LogP contribution is 2.31. The van der Waals surface area contributed by atoms with Crippen molar-refractivity contribution in [3.63, 3.8) is 0 Å². The summed E-state index contributed by atoms with van der Waals surface area (Å²) in [5, 5.41) is -0.383. The molecule has 1 aliphatic carbocycles. The fourth-order valence-electron chi connectivity index (χ4n) is 2.20. The Kier molecular flexibility index (Phi) is 4.70. The Morgan fingerprint density at radius 1 is 1.42 bits per heavy atom. The largest absolute Gasteiger partial charge is 0.462 e. The number of ether oxygens (including phenoxy) is 1. The van der Waals surface area contributed by atoms with Crippen LogP contribution in [0.25, 0.3) is 5.57 Å². The van der Waals surface area contributed by atoms with Crippen molar-refractivity contribution >= 4 is 24.2 Å². The third-order valence-electron chi connectivity index (χ3n) is 3.51. The Labute approximate surface area is 120 Å². The second-order valence-electron chi connectivity index (χ2n) is 4.97. The van der Waals surface area contributed by atoms with Crippen molar-refractivity contribution in [3.05, 3.63) is 41.5 Å². The van der Waals surface area contributed by atoms with Gasteiger partial charge in [-0.1, -0.05) is 37.3 Å². The van der Waals surface area contributed by atoms with Crippen LogP contribution in [0.2, 0.25) is 0 Å². The van der Waals surface area contributed by atoms with E-state index in [1.165, 1.54) is 16.7 Å². The Morgan fingerprint density at radius 2 is 2.16 bits per heavy atom. The Morgan fingerprint density at radius 3 is 2.89 bits per heavy atom. The molecule has 0 amide bonds. The summed E-state index contributed by atoms with van der Waals surface area (Å²) < 4.78 is 5.32. The normalized spacial score (nSPS) is 16.5. The molecule has 0 fully saturated rings. The number of fused-ring (bicyclic) bond motifs is 1. The van der Waals surface area contributed by atoms with Crippen LogP contribution in [0.5, 0.6) is 0 Å². The summed E-state index contributed by atoms with van der Waals surface area (Å²) in [6.07, 6.45) is 4.57. The first-order valence-corrected chi connectivity index (χ1v) is 7.29. The zero-order valence-electron chi connectivity index (χ0n) is 11.4. The summed E-state index contributed by atoms with van der Waals surface area (Å²) in [7, 11) is 0. The van der Waals surface area contributed by atoms with Gasteiger partial charge in [-0.25, -0.2) is 0 Å². The molecule has 0 heterocycles. The van der Waals surface area contributed by atoms with Gasteiger partial charge in [0, 0.05) is 0 Å². The van der Waals surface area contributed by atoms with E-state index in [2.05, 4.69) is 30.8 Å². The number of hydrogen-bond acceptors (Lipinski definition) is 3. The average molecular weight is 276 g/mol. The zero-order chi connectivity index (χ0) is 13.8. The first-order chi connectivity index (χ1) is 9.11. The topological polar surface area (TPSA) is 26.3 Å². The van der Waals surface area contributed by atoms with Crippen LogP contribution in [0.3, 0.4) is 0 Å². The van der Waals surface area contributed by atoms with Gasteiger partial charge in [-0.15, -0.1) is 0 Å². The van der Waals surface area contributed by atoms with Gasteiger partial charge in [-0.2, -0.15) is 12.6 Å². The van der Waals surface area contributed by atoms with Crippen LogP contribution in [-0.2, 0) is 16.0 Å². The molecule has 0 radical (unpaired) electrons. The van der Waals surface area contributed by atoms with Gasteiger partial charge in [0.25, 0.3) is 0 Å². The summed E-state index contributed by atoms with van der Waals surface area (Å²) >= 11 is 4.39. The van der Waals surface area contributed by atoms with E-state index in [1.54, 1.807) is 0 Å². The molecule has 0 saturated heterocycles. The lowest BCUT2D eigenvalue weighted by Gasteiger charge is -2.16. The number of esters is 1. The van der Waals surface area contributed by atoms with Gasteiger partial charge in [-0.05, 0) is 42.9 Å². The SMILES string of the molecule is CCC(C)OC(=O)C(S)CC1=CCc2ccccc21. The quantitative estimate of drug-likeness (QED) is 0.656. The summed E-state index contributed by atoms with van der Waals surface area (Å²) in [5.41, 5.74) is 3.78. The molecule has 1 aliphatic rings. The number of benzene rings is 1. The van der Waals surface area contributed by atoms with Gasteiger partial charge in [0.15, 0.2) is 0 Å². The lowest BCUT2D eigenvalue weighted by molar-refractivity contribution is -0.147. The molecular formula is C16H20O2S. The zero-order valence-corrected chi connectivity index (χ0v) is 12.3.